The average molecular weight is 344 g/mol. The maximum Gasteiger partial charge on any atom is 0.330 e. The molecule has 0 saturated heterocycles. The minimum Gasteiger partial charge on any atom is -0.489 e. The summed E-state index contributed by atoms with van der Waals surface area (Å²) in [6.45, 7) is 4.62. The van der Waals surface area contributed by atoms with Gasteiger partial charge in [-0.1, -0.05) is 32.3 Å². The van der Waals surface area contributed by atoms with Gasteiger partial charge in [0.15, 0.2) is 5.78 Å². The second-order valence-corrected chi connectivity index (χ2v) is 6.32. The van der Waals surface area contributed by atoms with Crippen LogP contribution in [0.25, 0.3) is 0 Å². The second-order valence-electron chi connectivity index (χ2n) is 6.32. The molecule has 0 atom stereocenters. The van der Waals surface area contributed by atoms with E-state index in [0.717, 1.165) is 41.7 Å². The van der Waals surface area contributed by atoms with Gasteiger partial charge < -0.3 is 9.47 Å². The Morgan fingerprint density at radius 3 is 2.76 bits per heavy atom. The predicted molar refractivity (Wildman–Crippen MR) is 98.2 cm³/mol. The van der Waals surface area contributed by atoms with Crippen LogP contribution in [0.4, 0.5) is 0 Å². The molecular formula is C21H28O4. The summed E-state index contributed by atoms with van der Waals surface area (Å²) in [5.74, 6) is 0.591. The van der Waals surface area contributed by atoms with Gasteiger partial charge >= 0.3 is 5.97 Å². The molecule has 0 bridgehead atoms. The number of benzene rings is 1. The molecule has 0 aromatic heterocycles. The first-order chi connectivity index (χ1) is 12.2. The van der Waals surface area contributed by atoms with Gasteiger partial charge in [-0.3, -0.25) is 4.79 Å². The highest BCUT2D eigenvalue weighted by Crippen LogP contribution is 2.31. The van der Waals surface area contributed by atoms with E-state index < -0.39 is 0 Å². The number of aryl methyl sites for hydroxylation is 2. The zero-order valence-electron chi connectivity index (χ0n) is 15.3. The number of ether oxygens (including phenoxy) is 2. The topological polar surface area (TPSA) is 52.6 Å². The fraction of sp³-hybridized carbons (Fsp3) is 0.524. The fourth-order valence-corrected chi connectivity index (χ4v) is 3.07. The molecule has 1 aliphatic carbocycles. The highest BCUT2D eigenvalue weighted by atomic mass is 16.5. The molecule has 0 aliphatic heterocycles. The SMILES string of the molecule is CCCCCCc1cc2c(cc1OCC=CC(=O)OCC)C(=O)CC2. The zero-order chi connectivity index (χ0) is 18.1. The summed E-state index contributed by atoms with van der Waals surface area (Å²) in [5.41, 5.74) is 3.10. The maximum atomic E-state index is 12.0. The van der Waals surface area contributed by atoms with Crippen molar-refractivity contribution in [1.29, 1.82) is 0 Å². The molecule has 1 aliphatic rings. The largest absolute Gasteiger partial charge is 0.489 e. The smallest absolute Gasteiger partial charge is 0.330 e. The summed E-state index contributed by atoms with van der Waals surface area (Å²) < 4.78 is 10.7. The highest BCUT2D eigenvalue weighted by Gasteiger charge is 2.22. The first-order valence-electron chi connectivity index (χ1n) is 9.30. The Morgan fingerprint density at radius 1 is 1.16 bits per heavy atom. The number of Topliss-reactive ketones (excluding diaryl/α,β-unsaturated/α-hetero) is 1. The molecule has 1 aromatic rings. The van der Waals surface area contributed by atoms with E-state index in [9.17, 15) is 9.59 Å². The lowest BCUT2D eigenvalue weighted by atomic mass is 10.00. The van der Waals surface area contributed by atoms with Crippen LogP contribution in [0, 0.1) is 0 Å². The molecule has 25 heavy (non-hydrogen) atoms. The number of hydrogen-bond donors (Lipinski definition) is 0. The van der Waals surface area contributed by atoms with E-state index in [0.29, 0.717) is 13.0 Å². The Morgan fingerprint density at radius 2 is 2.00 bits per heavy atom. The first-order valence-corrected chi connectivity index (χ1v) is 9.30. The van der Waals surface area contributed by atoms with E-state index in [1.807, 2.05) is 6.07 Å². The third-order valence-corrected chi connectivity index (χ3v) is 4.38. The fourth-order valence-electron chi connectivity index (χ4n) is 3.07. The summed E-state index contributed by atoms with van der Waals surface area (Å²) in [4.78, 5) is 23.3. The number of carbonyl (C=O) groups is 2. The van der Waals surface area contributed by atoms with Crippen LogP contribution < -0.4 is 4.74 Å². The summed E-state index contributed by atoms with van der Waals surface area (Å²) >= 11 is 0. The minimum absolute atomic E-state index is 0.194. The first kappa shape index (κ1) is 19.2. The third-order valence-electron chi connectivity index (χ3n) is 4.38. The van der Waals surface area contributed by atoms with Crippen LogP contribution >= 0.6 is 0 Å². The molecule has 4 heteroatoms. The van der Waals surface area contributed by atoms with Gasteiger partial charge in [-0.2, -0.15) is 0 Å². The molecule has 0 unspecified atom stereocenters. The van der Waals surface area contributed by atoms with Crippen molar-refractivity contribution in [3.8, 4) is 5.75 Å². The van der Waals surface area contributed by atoms with Gasteiger partial charge in [0.25, 0.3) is 0 Å². The van der Waals surface area contributed by atoms with Crippen molar-refractivity contribution in [3.05, 3.63) is 41.0 Å². The van der Waals surface area contributed by atoms with Crippen LogP contribution in [0.5, 0.6) is 5.75 Å². The average Bonchev–Trinajstić information content (AvgIpc) is 2.96. The summed E-state index contributed by atoms with van der Waals surface area (Å²) in [6.07, 6.45) is 10.2. The quantitative estimate of drug-likeness (QED) is 0.358. The van der Waals surface area contributed by atoms with Crippen molar-refractivity contribution in [1.82, 2.24) is 0 Å². The Hall–Kier alpha value is -2.10. The number of ketones is 1. The number of rotatable bonds is 10. The molecule has 0 radical (unpaired) electrons. The molecule has 0 fully saturated rings. The van der Waals surface area contributed by atoms with Crippen molar-refractivity contribution >= 4 is 11.8 Å². The number of carbonyl (C=O) groups excluding carboxylic acids is 2. The van der Waals surface area contributed by atoms with Gasteiger partial charge in [0, 0.05) is 18.1 Å². The van der Waals surface area contributed by atoms with E-state index in [1.54, 1.807) is 13.0 Å². The molecule has 0 N–H and O–H groups in total. The third kappa shape index (κ3) is 5.73. The normalized spacial score (nSPS) is 13.3. The van der Waals surface area contributed by atoms with Crippen molar-refractivity contribution in [2.75, 3.05) is 13.2 Å². The Balaban J connectivity index is 2.04. The zero-order valence-corrected chi connectivity index (χ0v) is 15.3. The van der Waals surface area contributed by atoms with Crippen LogP contribution in [0.15, 0.2) is 24.3 Å². The summed E-state index contributed by atoms with van der Waals surface area (Å²) in [5, 5.41) is 0. The standard InChI is InChI=1S/C21H28O4/c1-3-5-6-7-9-17-14-16-11-12-19(22)18(16)15-20(17)25-13-8-10-21(23)24-4-2/h8,10,14-15H,3-7,9,11-13H2,1-2H3. The van der Waals surface area contributed by atoms with E-state index in [4.69, 9.17) is 9.47 Å². The Bertz CT molecular complexity index is 631. The van der Waals surface area contributed by atoms with Gasteiger partial charge in [0.2, 0.25) is 0 Å². The lowest BCUT2D eigenvalue weighted by Crippen LogP contribution is -2.03. The van der Waals surface area contributed by atoms with E-state index in [1.165, 1.54) is 25.3 Å². The van der Waals surface area contributed by atoms with Crippen molar-refractivity contribution in [2.24, 2.45) is 0 Å². The van der Waals surface area contributed by atoms with Gasteiger partial charge in [-0.25, -0.2) is 4.79 Å². The van der Waals surface area contributed by atoms with Crippen molar-refractivity contribution < 1.29 is 19.1 Å². The maximum absolute atomic E-state index is 12.0. The number of esters is 1. The molecule has 0 amide bonds. The molecule has 136 valence electrons. The van der Waals surface area contributed by atoms with Crippen LogP contribution in [0.2, 0.25) is 0 Å². The number of unbranched alkanes of at least 4 members (excludes halogenated alkanes) is 3. The van der Waals surface area contributed by atoms with E-state index >= 15 is 0 Å². The predicted octanol–water partition coefficient (Wildman–Crippen LogP) is 4.44. The lowest BCUT2D eigenvalue weighted by Gasteiger charge is -2.13. The molecule has 0 heterocycles. The lowest BCUT2D eigenvalue weighted by molar-refractivity contribution is -0.137. The van der Waals surface area contributed by atoms with Crippen molar-refractivity contribution in [3.63, 3.8) is 0 Å². The molecule has 4 nitrogen and oxygen atoms in total. The van der Waals surface area contributed by atoms with Gasteiger partial charge in [0.1, 0.15) is 12.4 Å². The van der Waals surface area contributed by atoms with Crippen molar-refractivity contribution in [2.45, 2.75) is 58.8 Å². The monoisotopic (exact) mass is 344 g/mol. The van der Waals surface area contributed by atoms with E-state index in [2.05, 4.69) is 13.0 Å². The van der Waals surface area contributed by atoms with Crippen LogP contribution in [0.3, 0.4) is 0 Å². The molecule has 0 saturated carbocycles. The second kappa shape index (κ2) is 10.0. The molecular weight excluding hydrogens is 316 g/mol. The molecule has 0 spiro atoms. The van der Waals surface area contributed by atoms with Gasteiger partial charge in [-0.15, -0.1) is 0 Å². The number of fused-ring (bicyclic) bond motifs is 1. The van der Waals surface area contributed by atoms with Crippen LogP contribution in [-0.4, -0.2) is 25.0 Å². The van der Waals surface area contributed by atoms with Gasteiger partial charge in [-0.05, 0) is 49.5 Å². The summed E-state index contributed by atoms with van der Waals surface area (Å²) in [7, 11) is 0. The Labute approximate surface area is 150 Å². The van der Waals surface area contributed by atoms with Crippen LogP contribution in [0.1, 0.15) is 67.4 Å². The summed E-state index contributed by atoms with van der Waals surface area (Å²) in [6, 6.07) is 4.02. The van der Waals surface area contributed by atoms with E-state index in [-0.39, 0.29) is 18.4 Å². The number of hydrogen-bond acceptors (Lipinski definition) is 4. The molecule has 2 rings (SSSR count). The molecule has 1 aromatic carbocycles. The van der Waals surface area contributed by atoms with Gasteiger partial charge in [0.05, 0.1) is 6.61 Å². The minimum atomic E-state index is -0.366. The Kier molecular flexibility index (Phi) is 7.71. The van der Waals surface area contributed by atoms with Crippen LogP contribution in [-0.2, 0) is 22.4 Å². The highest BCUT2D eigenvalue weighted by molar-refractivity contribution is 6.00.